The predicted octanol–water partition coefficient (Wildman–Crippen LogP) is 7.49. The summed E-state index contributed by atoms with van der Waals surface area (Å²) in [5, 5.41) is 9.67. The van der Waals surface area contributed by atoms with E-state index in [-0.39, 0.29) is 5.75 Å². The lowest BCUT2D eigenvalue weighted by Crippen LogP contribution is -1.94. The van der Waals surface area contributed by atoms with E-state index in [0.717, 1.165) is 41.0 Å². The number of phenols is 1. The third-order valence-corrected chi connectivity index (χ3v) is 5.18. The number of hydrogen-bond acceptors (Lipinski definition) is 2. The van der Waals surface area contributed by atoms with Gasteiger partial charge in [-0.2, -0.15) is 0 Å². The summed E-state index contributed by atoms with van der Waals surface area (Å²) >= 11 is 0. The van der Waals surface area contributed by atoms with Crippen LogP contribution in [-0.2, 0) is 0 Å². The third-order valence-electron chi connectivity index (χ3n) is 5.18. The molecule has 150 valence electrons. The van der Waals surface area contributed by atoms with Crippen molar-refractivity contribution in [1.29, 1.82) is 0 Å². The molecule has 0 aromatic heterocycles. The maximum absolute atomic E-state index is 9.67. The molecule has 0 aliphatic heterocycles. The van der Waals surface area contributed by atoms with Gasteiger partial charge in [0, 0.05) is 0 Å². The topological polar surface area (TPSA) is 29.5 Å². The van der Waals surface area contributed by atoms with Crippen LogP contribution in [0.3, 0.4) is 0 Å². The minimum absolute atomic E-state index is 0.274. The van der Waals surface area contributed by atoms with Gasteiger partial charge in [-0.1, -0.05) is 61.0 Å². The van der Waals surface area contributed by atoms with Crippen LogP contribution in [0.15, 0.2) is 91.0 Å². The van der Waals surface area contributed by atoms with Gasteiger partial charge in [0.25, 0.3) is 0 Å². The van der Waals surface area contributed by atoms with E-state index in [2.05, 4.69) is 68.4 Å². The highest BCUT2D eigenvalue weighted by atomic mass is 16.5. The summed E-state index contributed by atoms with van der Waals surface area (Å²) in [6.45, 7) is 4.94. The molecule has 4 rings (SSSR count). The Labute approximate surface area is 178 Å². The van der Waals surface area contributed by atoms with E-state index in [1.165, 1.54) is 16.7 Å². The molecular formula is C28H26O2. The van der Waals surface area contributed by atoms with Gasteiger partial charge in [0.1, 0.15) is 11.5 Å². The number of aryl methyl sites for hydroxylation is 1. The second kappa shape index (κ2) is 8.87. The zero-order chi connectivity index (χ0) is 20.9. The number of hydrogen-bond donors (Lipinski definition) is 1. The molecule has 0 radical (unpaired) electrons. The Morgan fingerprint density at radius 1 is 0.600 bits per heavy atom. The Bertz CT molecular complexity index is 1050. The van der Waals surface area contributed by atoms with Crippen molar-refractivity contribution >= 4 is 0 Å². The van der Waals surface area contributed by atoms with Crippen LogP contribution in [0, 0.1) is 6.92 Å². The van der Waals surface area contributed by atoms with Gasteiger partial charge in [-0.25, -0.2) is 0 Å². The number of rotatable bonds is 6. The maximum atomic E-state index is 9.67. The minimum atomic E-state index is 0.274. The van der Waals surface area contributed by atoms with Gasteiger partial charge in [0.2, 0.25) is 0 Å². The molecule has 1 N–H and O–H groups in total. The van der Waals surface area contributed by atoms with E-state index < -0.39 is 0 Å². The fourth-order valence-corrected chi connectivity index (χ4v) is 3.49. The second-order valence-electron chi connectivity index (χ2n) is 7.58. The van der Waals surface area contributed by atoms with Crippen LogP contribution in [-0.4, -0.2) is 11.7 Å². The SMILES string of the molecule is CCCOc1ccc(-c2cc(-c3ccc(C)cc3)cc(-c3ccc(O)cc3)c2)cc1. The lowest BCUT2D eigenvalue weighted by Gasteiger charge is -2.12. The molecule has 0 aliphatic carbocycles. The Balaban J connectivity index is 1.78. The molecule has 2 nitrogen and oxygen atoms in total. The Morgan fingerprint density at radius 2 is 1.03 bits per heavy atom. The molecule has 0 saturated carbocycles. The summed E-state index contributed by atoms with van der Waals surface area (Å²) in [7, 11) is 0. The van der Waals surface area contributed by atoms with Crippen molar-refractivity contribution in [2.24, 2.45) is 0 Å². The van der Waals surface area contributed by atoms with E-state index in [4.69, 9.17) is 4.74 Å². The molecule has 4 aromatic rings. The first kappa shape index (κ1) is 19.8. The van der Waals surface area contributed by atoms with Crippen LogP contribution in [0.2, 0.25) is 0 Å². The van der Waals surface area contributed by atoms with E-state index in [0.29, 0.717) is 0 Å². The highest BCUT2D eigenvalue weighted by molar-refractivity contribution is 5.81. The van der Waals surface area contributed by atoms with Crippen molar-refractivity contribution in [3.8, 4) is 44.9 Å². The van der Waals surface area contributed by atoms with Crippen molar-refractivity contribution in [1.82, 2.24) is 0 Å². The molecular weight excluding hydrogens is 368 g/mol. The first-order chi connectivity index (χ1) is 14.6. The van der Waals surface area contributed by atoms with Crippen LogP contribution in [0.25, 0.3) is 33.4 Å². The Morgan fingerprint density at radius 3 is 1.50 bits per heavy atom. The lowest BCUT2D eigenvalue weighted by atomic mass is 9.93. The second-order valence-corrected chi connectivity index (χ2v) is 7.58. The highest BCUT2D eigenvalue weighted by Gasteiger charge is 2.08. The van der Waals surface area contributed by atoms with Gasteiger partial charge in [0.15, 0.2) is 0 Å². The molecule has 0 atom stereocenters. The fraction of sp³-hybridized carbons (Fsp3) is 0.143. The summed E-state index contributed by atoms with van der Waals surface area (Å²) < 4.78 is 5.73. The zero-order valence-corrected chi connectivity index (χ0v) is 17.4. The van der Waals surface area contributed by atoms with Gasteiger partial charge in [0.05, 0.1) is 6.61 Å². The van der Waals surface area contributed by atoms with Gasteiger partial charge < -0.3 is 9.84 Å². The quantitative estimate of drug-likeness (QED) is 0.367. The Kier molecular flexibility index (Phi) is 5.85. The monoisotopic (exact) mass is 394 g/mol. The number of aromatic hydroxyl groups is 1. The first-order valence-corrected chi connectivity index (χ1v) is 10.4. The van der Waals surface area contributed by atoms with Crippen LogP contribution in [0.5, 0.6) is 11.5 Å². The van der Waals surface area contributed by atoms with Gasteiger partial charge in [-0.15, -0.1) is 0 Å². The summed E-state index contributed by atoms with van der Waals surface area (Å²) in [5.74, 6) is 1.17. The van der Waals surface area contributed by atoms with Crippen LogP contribution < -0.4 is 4.74 Å². The number of benzene rings is 4. The number of phenolic OH excluding ortho intramolecular Hbond substituents is 1. The summed E-state index contributed by atoms with van der Waals surface area (Å²) in [6, 6.07) is 30.9. The average Bonchev–Trinajstić information content (AvgIpc) is 2.79. The predicted molar refractivity (Wildman–Crippen MR) is 125 cm³/mol. The van der Waals surface area contributed by atoms with Gasteiger partial charge in [-0.3, -0.25) is 0 Å². The smallest absolute Gasteiger partial charge is 0.119 e. The molecule has 4 aromatic carbocycles. The van der Waals surface area contributed by atoms with Crippen LogP contribution in [0.1, 0.15) is 18.9 Å². The van der Waals surface area contributed by atoms with Crippen molar-refractivity contribution in [2.75, 3.05) is 6.61 Å². The molecule has 0 bridgehead atoms. The summed E-state index contributed by atoms with van der Waals surface area (Å²) in [6.07, 6.45) is 0.996. The van der Waals surface area contributed by atoms with Gasteiger partial charge in [-0.05, 0) is 89.2 Å². The molecule has 0 amide bonds. The molecule has 0 unspecified atom stereocenters. The molecule has 0 saturated heterocycles. The lowest BCUT2D eigenvalue weighted by molar-refractivity contribution is 0.317. The molecule has 0 aliphatic rings. The van der Waals surface area contributed by atoms with Crippen molar-refractivity contribution in [2.45, 2.75) is 20.3 Å². The Hall–Kier alpha value is -3.52. The fourth-order valence-electron chi connectivity index (χ4n) is 3.49. The first-order valence-electron chi connectivity index (χ1n) is 10.4. The minimum Gasteiger partial charge on any atom is -0.508 e. The number of ether oxygens (including phenoxy) is 1. The van der Waals surface area contributed by atoms with Crippen molar-refractivity contribution < 1.29 is 9.84 Å². The molecule has 0 fully saturated rings. The van der Waals surface area contributed by atoms with Crippen LogP contribution in [0.4, 0.5) is 0 Å². The molecule has 30 heavy (non-hydrogen) atoms. The van der Waals surface area contributed by atoms with E-state index >= 15 is 0 Å². The summed E-state index contributed by atoms with van der Waals surface area (Å²) in [4.78, 5) is 0. The molecule has 0 spiro atoms. The van der Waals surface area contributed by atoms with E-state index in [1.54, 1.807) is 12.1 Å². The van der Waals surface area contributed by atoms with Gasteiger partial charge >= 0.3 is 0 Å². The van der Waals surface area contributed by atoms with Crippen molar-refractivity contribution in [3.63, 3.8) is 0 Å². The van der Waals surface area contributed by atoms with E-state index in [9.17, 15) is 5.11 Å². The van der Waals surface area contributed by atoms with Crippen molar-refractivity contribution in [3.05, 3.63) is 96.6 Å². The standard InChI is InChI=1S/C28H26O2/c1-3-16-30-28-14-10-23(11-15-28)26-18-24(21-6-4-20(2)5-7-21)17-25(19-26)22-8-12-27(29)13-9-22/h4-15,17-19,29H,3,16H2,1-2H3. The molecule has 2 heteroatoms. The largest absolute Gasteiger partial charge is 0.508 e. The molecule has 0 heterocycles. The van der Waals surface area contributed by atoms with Crippen LogP contribution >= 0.6 is 0 Å². The summed E-state index contributed by atoms with van der Waals surface area (Å²) in [5.41, 5.74) is 8.09. The average molecular weight is 395 g/mol. The highest BCUT2D eigenvalue weighted by Crippen LogP contribution is 2.34. The maximum Gasteiger partial charge on any atom is 0.119 e. The third kappa shape index (κ3) is 4.55. The van der Waals surface area contributed by atoms with E-state index in [1.807, 2.05) is 24.3 Å². The zero-order valence-electron chi connectivity index (χ0n) is 17.4. The normalized spacial score (nSPS) is 10.7.